The van der Waals surface area contributed by atoms with Gasteiger partial charge in [0.1, 0.15) is 11.5 Å². The number of aromatic nitrogens is 6. The molecule has 0 fully saturated rings. The second-order valence-electron chi connectivity index (χ2n) is 3.93. The maximum Gasteiger partial charge on any atom is 0.296 e. The minimum Gasteiger partial charge on any atom is -0.265 e. The second-order valence-corrected chi connectivity index (χ2v) is 3.93. The van der Waals surface area contributed by atoms with Crippen molar-refractivity contribution in [2.24, 2.45) is 0 Å². The van der Waals surface area contributed by atoms with Crippen molar-refractivity contribution in [2.45, 2.75) is 20.8 Å². The lowest BCUT2D eigenvalue weighted by molar-refractivity contribution is 0.737. The lowest BCUT2D eigenvalue weighted by Crippen LogP contribution is -2.20. The first-order chi connectivity index (χ1) is 8.06. The summed E-state index contributed by atoms with van der Waals surface area (Å²) < 4.78 is 3.05. The average Bonchev–Trinajstić information content (AvgIpc) is 2.62. The van der Waals surface area contributed by atoms with E-state index in [1.165, 1.54) is 9.03 Å². The highest BCUT2D eigenvalue weighted by atomic mass is 16.1. The van der Waals surface area contributed by atoms with E-state index in [1.807, 2.05) is 19.9 Å². The van der Waals surface area contributed by atoms with Gasteiger partial charge in [-0.1, -0.05) is 0 Å². The number of nitrogens with zero attached hydrogens (tertiary/aromatic N) is 6. The summed E-state index contributed by atoms with van der Waals surface area (Å²) in [5.41, 5.74) is 1.48. The number of hydrogen-bond acceptors (Lipinski definition) is 5. The van der Waals surface area contributed by atoms with Crippen molar-refractivity contribution in [1.29, 1.82) is 0 Å². The van der Waals surface area contributed by atoms with Crippen LogP contribution in [0.2, 0.25) is 0 Å². The van der Waals surface area contributed by atoms with Gasteiger partial charge in [-0.2, -0.15) is 24.2 Å². The molecule has 7 heteroatoms. The van der Waals surface area contributed by atoms with Crippen molar-refractivity contribution >= 4 is 11.4 Å². The molecule has 0 atom stereocenters. The Kier molecular flexibility index (Phi) is 1.80. The fraction of sp³-hybridized carbons (Fsp3) is 0.300. The van der Waals surface area contributed by atoms with Crippen molar-refractivity contribution in [3.05, 3.63) is 33.6 Å². The second kappa shape index (κ2) is 3.09. The molecule has 0 N–H and O–H groups in total. The van der Waals surface area contributed by atoms with Gasteiger partial charge in [0.15, 0.2) is 5.65 Å². The molecule has 0 aliphatic rings. The van der Waals surface area contributed by atoms with E-state index in [0.717, 1.165) is 5.69 Å². The number of aryl methyl sites for hydroxylation is 3. The molecule has 0 radical (unpaired) electrons. The van der Waals surface area contributed by atoms with Crippen molar-refractivity contribution in [3.8, 4) is 0 Å². The molecule has 0 unspecified atom stereocenters. The standard InChI is InChI=1S/C10H10N6O/c1-5-4-8-11-7(3)15-10(16(8)13-5)12-9(17)6(2)14-15/h4H,1-3H3. The average molecular weight is 230 g/mol. The summed E-state index contributed by atoms with van der Waals surface area (Å²) >= 11 is 0. The van der Waals surface area contributed by atoms with Crippen molar-refractivity contribution in [3.63, 3.8) is 0 Å². The molecule has 0 spiro atoms. The van der Waals surface area contributed by atoms with Gasteiger partial charge in [-0.05, 0) is 20.8 Å². The molecule has 3 heterocycles. The maximum atomic E-state index is 11.5. The quantitative estimate of drug-likeness (QED) is 0.545. The Balaban J connectivity index is 2.63. The van der Waals surface area contributed by atoms with E-state index in [4.69, 9.17) is 0 Å². The molecular formula is C10H10N6O. The lowest BCUT2D eigenvalue weighted by atomic mass is 10.5. The molecule has 3 aromatic rings. The zero-order chi connectivity index (χ0) is 12.2. The van der Waals surface area contributed by atoms with Crippen LogP contribution in [-0.4, -0.2) is 29.2 Å². The lowest BCUT2D eigenvalue weighted by Gasteiger charge is -2.04. The summed E-state index contributed by atoms with van der Waals surface area (Å²) in [6.45, 7) is 5.30. The van der Waals surface area contributed by atoms with Crippen LogP contribution >= 0.6 is 0 Å². The van der Waals surface area contributed by atoms with E-state index in [2.05, 4.69) is 20.2 Å². The van der Waals surface area contributed by atoms with Crippen LogP contribution in [-0.2, 0) is 0 Å². The smallest absolute Gasteiger partial charge is 0.265 e. The van der Waals surface area contributed by atoms with Crippen LogP contribution in [0.1, 0.15) is 17.2 Å². The molecule has 3 rings (SSSR count). The highest BCUT2D eigenvalue weighted by Gasteiger charge is 2.10. The highest BCUT2D eigenvalue weighted by molar-refractivity contribution is 5.46. The molecule has 0 aliphatic heterocycles. The molecule has 0 aromatic carbocycles. The number of hydrogen-bond donors (Lipinski definition) is 0. The van der Waals surface area contributed by atoms with Crippen LogP contribution in [0.4, 0.5) is 0 Å². The summed E-state index contributed by atoms with van der Waals surface area (Å²) in [7, 11) is 0. The normalized spacial score (nSPS) is 11.5. The summed E-state index contributed by atoms with van der Waals surface area (Å²) in [6.07, 6.45) is 0. The van der Waals surface area contributed by atoms with Crippen LogP contribution in [0.25, 0.3) is 11.4 Å². The zero-order valence-electron chi connectivity index (χ0n) is 9.67. The molecule has 0 saturated heterocycles. The van der Waals surface area contributed by atoms with Crippen LogP contribution in [0.15, 0.2) is 10.9 Å². The van der Waals surface area contributed by atoms with E-state index in [9.17, 15) is 4.79 Å². The van der Waals surface area contributed by atoms with E-state index < -0.39 is 0 Å². The molecule has 7 nitrogen and oxygen atoms in total. The monoisotopic (exact) mass is 230 g/mol. The largest absolute Gasteiger partial charge is 0.296 e. The van der Waals surface area contributed by atoms with Gasteiger partial charge in [-0.25, -0.2) is 4.98 Å². The third kappa shape index (κ3) is 1.32. The first-order valence-electron chi connectivity index (χ1n) is 5.17. The van der Waals surface area contributed by atoms with Crippen LogP contribution in [0.3, 0.4) is 0 Å². The van der Waals surface area contributed by atoms with Crippen LogP contribution in [0, 0.1) is 20.8 Å². The summed E-state index contributed by atoms with van der Waals surface area (Å²) in [6, 6.07) is 1.83. The van der Waals surface area contributed by atoms with Crippen LogP contribution < -0.4 is 5.56 Å². The molecular weight excluding hydrogens is 220 g/mol. The SMILES string of the molecule is Cc1cc2nc(C)n3nc(C)c(=O)nc3n2n1. The Bertz CT molecular complexity index is 800. The van der Waals surface area contributed by atoms with E-state index >= 15 is 0 Å². The van der Waals surface area contributed by atoms with E-state index in [0.29, 0.717) is 22.9 Å². The van der Waals surface area contributed by atoms with Gasteiger partial charge in [0, 0.05) is 6.07 Å². The Hall–Kier alpha value is -2.31. The first kappa shape index (κ1) is 9.88. The van der Waals surface area contributed by atoms with Gasteiger partial charge >= 0.3 is 0 Å². The minimum absolute atomic E-state index is 0.343. The first-order valence-corrected chi connectivity index (χ1v) is 5.17. The zero-order valence-corrected chi connectivity index (χ0v) is 9.67. The predicted octanol–water partition coefficient (Wildman–Crippen LogP) is 0.0575. The van der Waals surface area contributed by atoms with Crippen molar-refractivity contribution in [1.82, 2.24) is 29.2 Å². The highest BCUT2D eigenvalue weighted by Crippen LogP contribution is 2.07. The van der Waals surface area contributed by atoms with Gasteiger partial charge < -0.3 is 0 Å². The van der Waals surface area contributed by atoms with Gasteiger partial charge in [-0.3, -0.25) is 4.79 Å². The maximum absolute atomic E-state index is 11.5. The third-order valence-corrected chi connectivity index (χ3v) is 2.54. The minimum atomic E-state index is -0.343. The van der Waals surface area contributed by atoms with Gasteiger partial charge in [0.25, 0.3) is 11.3 Å². The Morgan fingerprint density at radius 3 is 2.59 bits per heavy atom. The molecule has 0 amide bonds. The summed E-state index contributed by atoms with van der Waals surface area (Å²) in [4.78, 5) is 19.9. The molecule has 17 heavy (non-hydrogen) atoms. The fourth-order valence-corrected chi connectivity index (χ4v) is 1.74. The predicted molar refractivity (Wildman–Crippen MR) is 60.0 cm³/mol. The molecule has 86 valence electrons. The van der Waals surface area contributed by atoms with Crippen molar-refractivity contribution < 1.29 is 0 Å². The Labute approximate surface area is 95.8 Å². The van der Waals surface area contributed by atoms with Gasteiger partial charge in [0.2, 0.25) is 0 Å². The van der Waals surface area contributed by atoms with Gasteiger partial charge in [-0.15, -0.1) is 0 Å². The number of fused-ring (bicyclic) bond motifs is 3. The van der Waals surface area contributed by atoms with E-state index in [1.54, 1.807) is 6.92 Å². The molecule has 0 bridgehead atoms. The fourth-order valence-electron chi connectivity index (χ4n) is 1.74. The Morgan fingerprint density at radius 2 is 1.82 bits per heavy atom. The van der Waals surface area contributed by atoms with Gasteiger partial charge in [0.05, 0.1) is 5.69 Å². The van der Waals surface area contributed by atoms with E-state index in [-0.39, 0.29) is 5.56 Å². The topological polar surface area (TPSA) is 77.5 Å². The molecule has 3 aromatic heterocycles. The summed E-state index contributed by atoms with van der Waals surface area (Å²) in [5.74, 6) is 1.05. The molecule has 0 aliphatic carbocycles. The van der Waals surface area contributed by atoms with Crippen molar-refractivity contribution in [2.75, 3.05) is 0 Å². The Morgan fingerprint density at radius 1 is 1.06 bits per heavy atom. The van der Waals surface area contributed by atoms with Crippen LogP contribution in [0.5, 0.6) is 0 Å². The molecule has 0 saturated carbocycles. The number of rotatable bonds is 0. The summed E-state index contributed by atoms with van der Waals surface area (Å²) in [5, 5.41) is 8.40. The third-order valence-electron chi connectivity index (χ3n) is 2.54.